The van der Waals surface area contributed by atoms with Crippen molar-refractivity contribution in [3.8, 4) is 0 Å². The normalized spacial score (nSPS) is 17.7. The Bertz CT molecular complexity index is 639. The number of nitrogens with zero attached hydrogens (tertiary/aromatic N) is 1. The summed E-state index contributed by atoms with van der Waals surface area (Å²) in [7, 11) is 2.00. The summed E-state index contributed by atoms with van der Waals surface area (Å²) in [5.41, 5.74) is 5.45. The second-order valence-electron chi connectivity index (χ2n) is 5.85. The molecule has 2 aromatic rings. The summed E-state index contributed by atoms with van der Waals surface area (Å²) >= 11 is 3.59. The number of hydrogen-bond acceptors (Lipinski definition) is 2. The van der Waals surface area contributed by atoms with E-state index in [-0.39, 0.29) is 0 Å². The Morgan fingerprint density at radius 1 is 1.19 bits per heavy atom. The first-order valence-electron chi connectivity index (χ1n) is 7.47. The molecule has 1 aliphatic rings. The number of para-hydroxylation sites is 1. The third-order valence-electron chi connectivity index (χ3n) is 4.04. The van der Waals surface area contributed by atoms with Gasteiger partial charge >= 0.3 is 0 Å². The zero-order valence-electron chi connectivity index (χ0n) is 12.6. The Balaban J connectivity index is 2.08. The second-order valence-corrected chi connectivity index (χ2v) is 6.77. The van der Waals surface area contributed by atoms with E-state index in [4.69, 9.17) is 0 Å². The van der Waals surface area contributed by atoms with E-state index < -0.39 is 0 Å². The number of nitrogens with one attached hydrogen (secondary N) is 1. The minimum Gasteiger partial charge on any atom is -0.341 e. The largest absolute Gasteiger partial charge is 0.341 e. The molecule has 0 radical (unpaired) electrons. The number of anilines is 2. The Kier molecular flexibility index (Phi) is 4.32. The number of rotatable bonds is 3. The molecular weight excluding hydrogens is 324 g/mol. The van der Waals surface area contributed by atoms with E-state index in [1.54, 1.807) is 0 Å². The first kappa shape index (κ1) is 14.6. The quantitative estimate of drug-likeness (QED) is 0.881. The lowest BCUT2D eigenvalue weighted by Gasteiger charge is -2.36. The molecule has 0 amide bonds. The lowest BCUT2D eigenvalue weighted by Crippen LogP contribution is -2.31. The van der Waals surface area contributed by atoms with Crippen LogP contribution in [-0.4, -0.2) is 13.6 Å². The molecule has 0 aromatic heterocycles. The number of hydrogen-bond donors (Lipinski definition) is 1. The maximum absolute atomic E-state index is 3.59. The van der Waals surface area contributed by atoms with Crippen LogP contribution in [0, 0.1) is 5.92 Å². The summed E-state index contributed by atoms with van der Waals surface area (Å²) in [4.78, 5) is 2.47. The van der Waals surface area contributed by atoms with Gasteiger partial charge in [0.15, 0.2) is 0 Å². The van der Waals surface area contributed by atoms with Crippen molar-refractivity contribution in [3.05, 3.63) is 58.1 Å². The Labute approximate surface area is 135 Å². The monoisotopic (exact) mass is 344 g/mol. The van der Waals surface area contributed by atoms with Gasteiger partial charge in [-0.1, -0.05) is 41.1 Å². The Morgan fingerprint density at radius 3 is 2.81 bits per heavy atom. The maximum Gasteiger partial charge on any atom is 0.0457 e. The highest BCUT2D eigenvalue weighted by Crippen LogP contribution is 2.37. The molecule has 1 aliphatic heterocycles. The highest BCUT2D eigenvalue weighted by Gasteiger charge is 2.23. The van der Waals surface area contributed by atoms with Gasteiger partial charge in [-0.3, -0.25) is 0 Å². The SMILES string of the molecule is CNCc1cc(Br)ccc1N1CC(C)Cc2ccccc21. The average molecular weight is 345 g/mol. The molecule has 110 valence electrons. The van der Waals surface area contributed by atoms with Crippen LogP contribution < -0.4 is 10.2 Å². The molecular formula is C18H21BrN2. The third kappa shape index (κ3) is 2.99. The van der Waals surface area contributed by atoms with Crippen molar-refractivity contribution in [2.75, 3.05) is 18.5 Å². The van der Waals surface area contributed by atoms with E-state index in [1.807, 2.05) is 7.05 Å². The Hall–Kier alpha value is -1.32. The van der Waals surface area contributed by atoms with Crippen molar-refractivity contribution in [2.45, 2.75) is 19.9 Å². The smallest absolute Gasteiger partial charge is 0.0457 e. The Morgan fingerprint density at radius 2 is 2.00 bits per heavy atom. The van der Waals surface area contributed by atoms with Crippen molar-refractivity contribution < 1.29 is 0 Å². The van der Waals surface area contributed by atoms with E-state index >= 15 is 0 Å². The van der Waals surface area contributed by atoms with Gasteiger partial charge < -0.3 is 10.2 Å². The predicted octanol–water partition coefficient (Wildman–Crippen LogP) is 4.50. The van der Waals surface area contributed by atoms with Crippen LogP contribution in [0.5, 0.6) is 0 Å². The molecule has 0 spiro atoms. The van der Waals surface area contributed by atoms with Crippen LogP contribution in [-0.2, 0) is 13.0 Å². The standard InChI is InChI=1S/C18H21BrN2/c1-13-9-14-5-3-4-6-17(14)21(12-13)18-8-7-16(19)10-15(18)11-20-2/h3-8,10,13,20H,9,11-12H2,1-2H3. The fourth-order valence-electron chi connectivity index (χ4n) is 3.17. The van der Waals surface area contributed by atoms with Gasteiger partial charge in [0.2, 0.25) is 0 Å². The molecule has 0 fully saturated rings. The van der Waals surface area contributed by atoms with Crippen molar-refractivity contribution >= 4 is 27.3 Å². The zero-order valence-corrected chi connectivity index (χ0v) is 14.2. The molecule has 1 heterocycles. The van der Waals surface area contributed by atoms with E-state index in [1.165, 1.54) is 28.9 Å². The molecule has 2 nitrogen and oxygen atoms in total. The van der Waals surface area contributed by atoms with Crippen molar-refractivity contribution in [3.63, 3.8) is 0 Å². The van der Waals surface area contributed by atoms with E-state index in [0.717, 1.165) is 17.6 Å². The molecule has 0 bridgehead atoms. The summed E-state index contributed by atoms with van der Waals surface area (Å²) in [6.45, 7) is 4.29. The second kappa shape index (κ2) is 6.20. The highest BCUT2D eigenvalue weighted by molar-refractivity contribution is 9.10. The van der Waals surface area contributed by atoms with Crippen LogP contribution in [0.3, 0.4) is 0 Å². The lowest BCUT2D eigenvalue weighted by atomic mass is 9.93. The third-order valence-corrected chi connectivity index (χ3v) is 4.54. The summed E-state index contributed by atoms with van der Waals surface area (Å²) in [6.07, 6.45) is 1.17. The molecule has 1 N–H and O–H groups in total. The first-order chi connectivity index (χ1) is 10.2. The van der Waals surface area contributed by atoms with Crippen LogP contribution in [0.1, 0.15) is 18.1 Å². The van der Waals surface area contributed by atoms with E-state index in [0.29, 0.717) is 5.92 Å². The fourth-order valence-corrected chi connectivity index (χ4v) is 3.58. The molecule has 2 aromatic carbocycles. The number of benzene rings is 2. The summed E-state index contributed by atoms with van der Waals surface area (Å²) in [5.74, 6) is 0.672. The van der Waals surface area contributed by atoms with Crippen LogP contribution in [0.4, 0.5) is 11.4 Å². The number of halogens is 1. The molecule has 1 unspecified atom stereocenters. The summed E-state index contributed by atoms with van der Waals surface area (Å²) in [5, 5.41) is 3.28. The minimum absolute atomic E-state index is 0.672. The van der Waals surface area contributed by atoms with Gasteiger partial charge in [0.25, 0.3) is 0 Å². The molecule has 3 heteroatoms. The first-order valence-corrected chi connectivity index (χ1v) is 8.27. The van der Waals surface area contributed by atoms with Gasteiger partial charge in [-0.2, -0.15) is 0 Å². The van der Waals surface area contributed by atoms with Gasteiger partial charge in [-0.25, -0.2) is 0 Å². The molecule has 1 atom stereocenters. The zero-order chi connectivity index (χ0) is 14.8. The van der Waals surface area contributed by atoms with Gasteiger partial charge in [0.05, 0.1) is 0 Å². The van der Waals surface area contributed by atoms with Gasteiger partial charge in [-0.05, 0) is 54.8 Å². The topological polar surface area (TPSA) is 15.3 Å². The lowest BCUT2D eigenvalue weighted by molar-refractivity contribution is 0.561. The van der Waals surface area contributed by atoms with Crippen LogP contribution >= 0.6 is 15.9 Å². The summed E-state index contributed by atoms with van der Waals surface area (Å²) in [6, 6.07) is 15.4. The summed E-state index contributed by atoms with van der Waals surface area (Å²) < 4.78 is 1.13. The predicted molar refractivity (Wildman–Crippen MR) is 93.2 cm³/mol. The van der Waals surface area contributed by atoms with Crippen LogP contribution in [0.2, 0.25) is 0 Å². The van der Waals surface area contributed by atoms with Crippen LogP contribution in [0.15, 0.2) is 46.9 Å². The van der Waals surface area contributed by atoms with Crippen molar-refractivity contribution in [1.82, 2.24) is 5.32 Å². The van der Waals surface area contributed by atoms with E-state index in [2.05, 4.69) is 75.5 Å². The average Bonchev–Trinajstić information content (AvgIpc) is 2.47. The molecule has 21 heavy (non-hydrogen) atoms. The van der Waals surface area contributed by atoms with Gasteiger partial charge in [0, 0.05) is 28.9 Å². The van der Waals surface area contributed by atoms with Gasteiger partial charge in [0.1, 0.15) is 0 Å². The van der Waals surface area contributed by atoms with Gasteiger partial charge in [-0.15, -0.1) is 0 Å². The highest BCUT2D eigenvalue weighted by atomic mass is 79.9. The minimum atomic E-state index is 0.672. The van der Waals surface area contributed by atoms with Crippen molar-refractivity contribution in [2.24, 2.45) is 5.92 Å². The molecule has 3 rings (SSSR count). The number of fused-ring (bicyclic) bond motifs is 1. The van der Waals surface area contributed by atoms with E-state index in [9.17, 15) is 0 Å². The maximum atomic E-state index is 3.59. The fraction of sp³-hybridized carbons (Fsp3) is 0.333. The van der Waals surface area contributed by atoms with Crippen LogP contribution in [0.25, 0.3) is 0 Å². The van der Waals surface area contributed by atoms with Crippen molar-refractivity contribution in [1.29, 1.82) is 0 Å². The molecule has 0 aliphatic carbocycles. The molecule has 0 saturated heterocycles. The molecule has 0 saturated carbocycles.